The number of hydrogen-bond acceptors (Lipinski definition) is 7. The minimum Gasteiger partial charge on any atom is -0.476 e. The number of nitrogens with one attached hydrogen (secondary N) is 1. The summed E-state index contributed by atoms with van der Waals surface area (Å²) in [6.45, 7) is 5.92. The van der Waals surface area contributed by atoms with Crippen molar-refractivity contribution < 1.29 is 18.3 Å². The number of hydrogen-bond donors (Lipinski definition) is 3. The van der Waals surface area contributed by atoms with Crippen LogP contribution in [0.4, 0.5) is 5.69 Å². The Kier molecular flexibility index (Phi) is 8.53. The third kappa shape index (κ3) is 6.76. The molecule has 2 aromatic carbocycles. The van der Waals surface area contributed by atoms with Gasteiger partial charge in [0, 0.05) is 34.3 Å². The number of thiazole rings is 1. The first-order chi connectivity index (χ1) is 20.2. The van der Waals surface area contributed by atoms with Crippen LogP contribution in [0.2, 0.25) is 0 Å². The zero-order valence-electron chi connectivity index (χ0n) is 23.0. The first-order valence-corrected chi connectivity index (χ1v) is 15.8. The Labute approximate surface area is 248 Å². The summed E-state index contributed by atoms with van der Waals surface area (Å²) < 4.78 is 25.4. The predicted molar refractivity (Wildman–Crippen MR) is 165 cm³/mol. The molecule has 1 aliphatic carbocycles. The van der Waals surface area contributed by atoms with E-state index in [2.05, 4.69) is 16.9 Å². The number of aromatic nitrogens is 3. The van der Waals surface area contributed by atoms with Gasteiger partial charge in [-0.1, -0.05) is 43.0 Å². The number of para-hydroxylation sites is 1. The van der Waals surface area contributed by atoms with Crippen molar-refractivity contribution in [1.82, 2.24) is 14.8 Å². The molecule has 4 aromatic rings. The summed E-state index contributed by atoms with van der Waals surface area (Å²) in [7, 11) is -3.82. The molecule has 1 saturated carbocycles. The van der Waals surface area contributed by atoms with Crippen molar-refractivity contribution in [3.63, 3.8) is 0 Å². The van der Waals surface area contributed by atoms with Gasteiger partial charge >= 0.3 is 5.97 Å². The highest BCUT2D eigenvalue weighted by Crippen LogP contribution is 2.37. The van der Waals surface area contributed by atoms with Crippen LogP contribution in [0.1, 0.15) is 52.8 Å². The summed E-state index contributed by atoms with van der Waals surface area (Å²) in [5.74, 6) is -0.590. The second-order valence-electron chi connectivity index (χ2n) is 10.1. The van der Waals surface area contributed by atoms with Crippen LogP contribution in [0.25, 0.3) is 10.7 Å². The molecule has 5 rings (SSSR count). The lowest BCUT2D eigenvalue weighted by atomic mass is 9.96. The Hall–Kier alpha value is -4.32. The van der Waals surface area contributed by atoms with Gasteiger partial charge in [0.2, 0.25) is 15.2 Å². The van der Waals surface area contributed by atoms with Crippen LogP contribution in [0.5, 0.6) is 0 Å². The summed E-state index contributed by atoms with van der Waals surface area (Å²) >= 11 is 1.23. The van der Waals surface area contributed by atoms with Gasteiger partial charge < -0.3 is 10.4 Å². The van der Waals surface area contributed by atoms with Crippen LogP contribution in [0, 0.1) is 5.92 Å². The normalized spacial score (nSPS) is 14.1. The Balaban J connectivity index is 1.64. The van der Waals surface area contributed by atoms with Gasteiger partial charge in [0.05, 0.1) is 16.3 Å². The number of nitrogens with two attached hydrogens (primary N) is 1. The van der Waals surface area contributed by atoms with Gasteiger partial charge in [0.15, 0.2) is 5.69 Å². The summed E-state index contributed by atoms with van der Waals surface area (Å²) in [6.07, 6.45) is 9.15. The van der Waals surface area contributed by atoms with E-state index in [9.17, 15) is 18.3 Å². The van der Waals surface area contributed by atoms with Crippen LogP contribution in [0.3, 0.4) is 0 Å². The lowest BCUT2D eigenvalue weighted by Crippen LogP contribution is -2.12. The number of carbonyl (C=O) groups is 1. The van der Waals surface area contributed by atoms with E-state index < -0.39 is 16.0 Å². The average Bonchev–Trinajstić information content (AvgIpc) is 3.54. The zero-order valence-corrected chi connectivity index (χ0v) is 24.7. The molecule has 2 aromatic heterocycles. The second kappa shape index (κ2) is 12.3. The van der Waals surface area contributed by atoms with Crippen molar-refractivity contribution in [2.75, 3.05) is 5.32 Å². The van der Waals surface area contributed by atoms with E-state index in [-0.39, 0.29) is 10.6 Å². The van der Waals surface area contributed by atoms with Gasteiger partial charge in [0.1, 0.15) is 0 Å². The fourth-order valence-corrected chi connectivity index (χ4v) is 5.91. The third-order valence-corrected chi connectivity index (χ3v) is 8.72. The molecule has 9 nitrogen and oxygen atoms in total. The SMILES string of the molecule is C=C/C(=C\C(=C/C)c1nn(-c2nc(C(=O)O)cs2)c(CC2CC2)c1Cc1ccc(S(N)(=O)=O)cc1)Nc1ccccc1. The third-order valence-electron chi connectivity index (χ3n) is 6.97. The van der Waals surface area contributed by atoms with Gasteiger partial charge in [-0.15, -0.1) is 11.3 Å². The fourth-order valence-electron chi connectivity index (χ4n) is 4.62. The molecule has 1 fully saturated rings. The van der Waals surface area contributed by atoms with Crippen LogP contribution in [0.15, 0.2) is 95.4 Å². The number of carboxylic acids is 1. The molecule has 4 N–H and O–H groups in total. The molecule has 0 amide bonds. The molecule has 0 saturated heterocycles. The minimum absolute atomic E-state index is 0.0308. The minimum atomic E-state index is -3.82. The molecule has 42 heavy (non-hydrogen) atoms. The molecular formula is C31H31N5O4S2. The van der Waals surface area contributed by atoms with Crippen molar-refractivity contribution in [1.29, 1.82) is 0 Å². The number of carboxylic acid groups (broad SMARTS) is 1. The van der Waals surface area contributed by atoms with Crippen LogP contribution < -0.4 is 10.5 Å². The van der Waals surface area contributed by atoms with Crippen LogP contribution in [-0.2, 0) is 22.9 Å². The number of nitrogens with zero attached hydrogens (tertiary/aromatic N) is 3. The summed E-state index contributed by atoms with van der Waals surface area (Å²) in [5, 5.41) is 25.2. The van der Waals surface area contributed by atoms with Crippen molar-refractivity contribution >= 4 is 38.6 Å². The predicted octanol–water partition coefficient (Wildman–Crippen LogP) is 5.80. The number of sulfonamides is 1. The van der Waals surface area contributed by atoms with E-state index in [1.165, 1.54) is 28.8 Å². The van der Waals surface area contributed by atoms with Gasteiger partial charge in [-0.2, -0.15) is 5.10 Å². The first-order valence-electron chi connectivity index (χ1n) is 13.4. The molecule has 0 spiro atoms. The molecule has 2 heterocycles. The largest absolute Gasteiger partial charge is 0.476 e. The first kappa shape index (κ1) is 29.2. The van der Waals surface area contributed by atoms with Crippen LogP contribution >= 0.6 is 11.3 Å². The molecule has 0 unspecified atom stereocenters. The molecule has 0 atom stereocenters. The van der Waals surface area contributed by atoms with E-state index >= 15 is 0 Å². The van der Waals surface area contributed by atoms with E-state index in [0.29, 0.717) is 17.5 Å². The van der Waals surface area contributed by atoms with Gasteiger partial charge in [0.25, 0.3) is 0 Å². The average molecular weight is 602 g/mol. The Bertz CT molecular complexity index is 1780. The maximum atomic E-state index is 11.8. The van der Waals surface area contributed by atoms with Crippen molar-refractivity contribution in [2.45, 2.75) is 37.5 Å². The highest BCUT2D eigenvalue weighted by atomic mass is 32.2. The number of aromatic carboxylic acids is 1. The molecule has 0 bridgehead atoms. The van der Waals surface area contributed by atoms with E-state index in [0.717, 1.165) is 58.7 Å². The smallest absolute Gasteiger partial charge is 0.355 e. The maximum absolute atomic E-state index is 11.8. The number of primary sulfonamides is 1. The summed E-state index contributed by atoms with van der Waals surface area (Å²) in [5.41, 5.74) is 6.04. The molecule has 1 aliphatic rings. The Morgan fingerprint density at radius 1 is 1.19 bits per heavy atom. The molecule has 216 valence electrons. The quantitative estimate of drug-likeness (QED) is 0.174. The van der Waals surface area contributed by atoms with Crippen LogP contribution in [-0.4, -0.2) is 34.3 Å². The van der Waals surface area contributed by atoms with Crippen molar-refractivity contribution in [2.24, 2.45) is 11.1 Å². The molecular weight excluding hydrogens is 571 g/mol. The highest BCUT2D eigenvalue weighted by molar-refractivity contribution is 7.89. The number of allylic oxidation sites excluding steroid dienone is 4. The van der Waals surface area contributed by atoms with Gasteiger partial charge in [-0.25, -0.2) is 28.0 Å². The lowest BCUT2D eigenvalue weighted by molar-refractivity contribution is 0.0691. The number of benzene rings is 2. The number of anilines is 1. The monoisotopic (exact) mass is 601 g/mol. The van der Waals surface area contributed by atoms with E-state index in [1.807, 2.05) is 49.4 Å². The molecule has 0 aliphatic heterocycles. The summed E-state index contributed by atoms with van der Waals surface area (Å²) in [6, 6.07) is 16.3. The number of rotatable bonds is 12. The van der Waals surface area contributed by atoms with Crippen molar-refractivity contribution in [3.05, 3.63) is 119 Å². The highest BCUT2D eigenvalue weighted by Gasteiger charge is 2.29. The second-order valence-corrected chi connectivity index (χ2v) is 12.5. The fraction of sp³-hybridized carbons (Fsp3) is 0.194. The standard InChI is InChI=1S/C31H31N5O4S2/c1-3-22(18-23(4-2)33-24-8-6-5-7-9-24)29-26(16-20-12-14-25(15-13-20)42(32,39)40)28(17-21-10-11-21)36(35-29)31-34-27(19-41-31)30(37)38/h3-9,12-15,18-19,21,33H,2,10-11,16-17H2,1H3,(H,37,38)(H2,32,39,40)/b22-3+,23-18+. The maximum Gasteiger partial charge on any atom is 0.355 e. The topological polar surface area (TPSA) is 140 Å². The molecule has 11 heteroatoms. The van der Waals surface area contributed by atoms with Gasteiger partial charge in [-0.05, 0) is 74.1 Å². The lowest BCUT2D eigenvalue weighted by Gasteiger charge is -2.11. The van der Waals surface area contributed by atoms with Crippen molar-refractivity contribution in [3.8, 4) is 5.13 Å². The Morgan fingerprint density at radius 2 is 1.90 bits per heavy atom. The zero-order chi connectivity index (χ0) is 29.9. The van der Waals surface area contributed by atoms with Gasteiger partial charge in [-0.3, -0.25) is 0 Å². The van der Waals surface area contributed by atoms with E-state index in [1.54, 1.807) is 22.9 Å². The van der Waals surface area contributed by atoms with E-state index in [4.69, 9.17) is 10.2 Å². The Morgan fingerprint density at radius 3 is 2.48 bits per heavy atom. The summed E-state index contributed by atoms with van der Waals surface area (Å²) in [4.78, 5) is 16.0. The molecule has 0 radical (unpaired) electrons.